The molecule has 2 amide bonds. The van der Waals surface area contributed by atoms with Crippen molar-refractivity contribution in [3.05, 3.63) is 29.3 Å². The number of thioether (sulfide) groups is 1. The molecule has 0 radical (unpaired) electrons. The van der Waals surface area contributed by atoms with Gasteiger partial charge in [-0.1, -0.05) is 6.07 Å². The van der Waals surface area contributed by atoms with Crippen LogP contribution in [0.2, 0.25) is 0 Å². The number of anilines is 1. The van der Waals surface area contributed by atoms with Gasteiger partial charge in [0.1, 0.15) is 0 Å². The molecule has 1 aromatic carbocycles. The summed E-state index contributed by atoms with van der Waals surface area (Å²) in [7, 11) is 0. The summed E-state index contributed by atoms with van der Waals surface area (Å²) in [6, 6.07) is 4.57. The van der Waals surface area contributed by atoms with Gasteiger partial charge < -0.3 is 15.7 Å². The number of carbonyl (C=O) groups excluding carboxylic acids is 1. The third kappa shape index (κ3) is 3.90. The normalized spacial score (nSPS) is 17.8. The van der Waals surface area contributed by atoms with Crippen molar-refractivity contribution in [2.45, 2.75) is 25.0 Å². The van der Waals surface area contributed by atoms with Crippen LogP contribution in [0.1, 0.15) is 28.8 Å². The number of urea groups is 1. The lowest BCUT2D eigenvalue weighted by molar-refractivity contribution is 0.0696. The molecule has 1 unspecified atom stereocenters. The van der Waals surface area contributed by atoms with Crippen molar-refractivity contribution in [1.29, 1.82) is 0 Å². The SMILES string of the molecule is Cc1ccc(NC(=O)NCC2CCCS2)cc1C(=O)O. The standard InChI is InChI=1S/C14H18N2O3S/c1-9-4-5-10(7-12(9)13(17)18)16-14(19)15-8-11-3-2-6-20-11/h4-5,7,11H,2-3,6,8H2,1H3,(H,17,18)(H2,15,16,19). The van der Waals surface area contributed by atoms with Gasteiger partial charge in [-0.05, 0) is 43.2 Å². The molecule has 6 heteroatoms. The number of carboxylic acid groups (broad SMARTS) is 1. The van der Waals surface area contributed by atoms with Crippen molar-refractivity contribution in [2.75, 3.05) is 17.6 Å². The molecule has 0 bridgehead atoms. The molecular weight excluding hydrogens is 276 g/mol. The van der Waals surface area contributed by atoms with Gasteiger partial charge in [-0.25, -0.2) is 9.59 Å². The van der Waals surface area contributed by atoms with E-state index in [0.717, 1.165) is 12.2 Å². The third-order valence-corrected chi connectivity index (χ3v) is 4.64. The molecule has 1 aliphatic rings. The van der Waals surface area contributed by atoms with Gasteiger partial charge in [-0.2, -0.15) is 11.8 Å². The van der Waals surface area contributed by atoms with Gasteiger partial charge in [0.2, 0.25) is 0 Å². The van der Waals surface area contributed by atoms with Crippen molar-refractivity contribution >= 4 is 29.4 Å². The molecule has 0 saturated carbocycles. The van der Waals surface area contributed by atoms with E-state index in [1.54, 1.807) is 19.1 Å². The van der Waals surface area contributed by atoms with Crippen LogP contribution in [0.25, 0.3) is 0 Å². The first-order valence-electron chi connectivity index (χ1n) is 6.56. The largest absolute Gasteiger partial charge is 0.478 e. The van der Waals surface area contributed by atoms with E-state index in [1.807, 2.05) is 11.8 Å². The molecule has 1 saturated heterocycles. The molecule has 2 rings (SSSR count). The highest BCUT2D eigenvalue weighted by atomic mass is 32.2. The van der Waals surface area contributed by atoms with Crippen LogP contribution in [-0.4, -0.2) is 34.7 Å². The number of rotatable bonds is 4. The predicted molar refractivity (Wildman–Crippen MR) is 80.6 cm³/mol. The lowest BCUT2D eigenvalue weighted by atomic mass is 10.1. The lowest BCUT2D eigenvalue weighted by Gasteiger charge is -2.12. The van der Waals surface area contributed by atoms with E-state index >= 15 is 0 Å². The van der Waals surface area contributed by atoms with Crippen molar-refractivity contribution in [1.82, 2.24) is 5.32 Å². The molecule has 1 atom stereocenters. The minimum absolute atomic E-state index is 0.203. The summed E-state index contributed by atoms with van der Waals surface area (Å²) in [5.41, 5.74) is 1.37. The first kappa shape index (κ1) is 14.7. The van der Waals surface area contributed by atoms with E-state index in [1.165, 1.54) is 12.5 Å². The van der Waals surface area contributed by atoms with Crippen molar-refractivity contribution in [3.63, 3.8) is 0 Å². The van der Waals surface area contributed by atoms with E-state index in [4.69, 9.17) is 5.11 Å². The first-order valence-corrected chi connectivity index (χ1v) is 7.61. The van der Waals surface area contributed by atoms with Crippen LogP contribution in [-0.2, 0) is 0 Å². The van der Waals surface area contributed by atoms with Crippen LogP contribution in [0, 0.1) is 6.92 Å². The number of aromatic carboxylic acids is 1. The Morgan fingerprint density at radius 1 is 1.45 bits per heavy atom. The smallest absolute Gasteiger partial charge is 0.336 e. The second kappa shape index (κ2) is 6.65. The highest BCUT2D eigenvalue weighted by Crippen LogP contribution is 2.25. The molecule has 1 aliphatic heterocycles. The van der Waals surface area contributed by atoms with Crippen LogP contribution in [0.15, 0.2) is 18.2 Å². The quantitative estimate of drug-likeness (QED) is 0.798. The molecule has 0 aliphatic carbocycles. The number of amides is 2. The fourth-order valence-electron chi connectivity index (χ4n) is 2.12. The summed E-state index contributed by atoms with van der Waals surface area (Å²) in [4.78, 5) is 22.8. The Kier molecular flexibility index (Phi) is 4.89. The van der Waals surface area contributed by atoms with Crippen LogP contribution >= 0.6 is 11.8 Å². The third-order valence-electron chi connectivity index (χ3n) is 3.24. The first-order chi connectivity index (χ1) is 9.56. The molecule has 0 aromatic heterocycles. The lowest BCUT2D eigenvalue weighted by Crippen LogP contribution is -2.33. The van der Waals surface area contributed by atoms with Gasteiger partial charge >= 0.3 is 12.0 Å². The molecule has 20 heavy (non-hydrogen) atoms. The van der Waals surface area contributed by atoms with Gasteiger partial charge in [0.05, 0.1) is 5.56 Å². The number of aryl methyl sites for hydroxylation is 1. The minimum atomic E-state index is -0.992. The van der Waals surface area contributed by atoms with Gasteiger partial charge in [0, 0.05) is 17.5 Å². The van der Waals surface area contributed by atoms with E-state index in [9.17, 15) is 9.59 Å². The molecule has 108 valence electrons. The molecule has 5 nitrogen and oxygen atoms in total. The van der Waals surface area contributed by atoms with Crippen LogP contribution < -0.4 is 10.6 Å². The van der Waals surface area contributed by atoms with Gasteiger partial charge in [-0.15, -0.1) is 0 Å². The number of carboxylic acids is 1. The van der Waals surface area contributed by atoms with E-state index in [-0.39, 0.29) is 11.6 Å². The van der Waals surface area contributed by atoms with Gasteiger partial charge in [0.15, 0.2) is 0 Å². The highest BCUT2D eigenvalue weighted by molar-refractivity contribution is 8.00. The van der Waals surface area contributed by atoms with E-state index < -0.39 is 5.97 Å². The molecule has 3 N–H and O–H groups in total. The number of hydrogen-bond donors (Lipinski definition) is 3. The summed E-state index contributed by atoms with van der Waals surface area (Å²) >= 11 is 1.88. The predicted octanol–water partition coefficient (Wildman–Crippen LogP) is 2.71. The Hall–Kier alpha value is -1.69. The zero-order valence-electron chi connectivity index (χ0n) is 11.3. The van der Waals surface area contributed by atoms with Crippen molar-refractivity contribution < 1.29 is 14.7 Å². The summed E-state index contributed by atoms with van der Waals surface area (Å²) < 4.78 is 0. The average Bonchev–Trinajstić information content (AvgIpc) is 2.91. The maximum Gasteiger partial charge on any atom is 0.336 e. The maximum absolute atomic E-state index is 11.8. The van der Waals surface area contributed by atoms with Crippen molar-refractivity contribution in [2.24, 2.45) is 0 Å². The molecule has 1 fully saturated rings. The second-order valence-corrected chi connectivity index (χ2v) is 6.21. The van der Waals surface area contributed by atoms with Crippen LogP contribution in [0.4, 0.5) is 10.5 Å². The number of hydrogen-bond acceptors (Lipinski definition) is 3. The zero-order valence-corrected chi connectivity index (χ0v) is 12.1. The number of carbonyl (C=O) groups is 2. The van der Waals surface area contributed by atoms with Gasteiger partial charge in [-0.3, -0.25) is 0 Å². The van der Waals surface area contributed by atoms with Crippen LogP contribution in [0.3, 0.4) is 0 Å². The minimum Gasteiger partial charge on any atom is -0.478 e. The molecule has 0 spiro atoms. The topological polar surface area (TPSA) is 78.4 Å². The van der Waals surface area contributed by atoms with E-state index in [2.05, 4.69) is 10.6 Å². The Bertz CT molecular complexity index is 513. The maximum atomic E-state index is 11.8. The Morgan fingerprint density at radius 2 is 2.25 bits per heavy atom. The summed E-state index contributed by atoms with van der Waals surface area (Å²) in [5, 5.41) is 15.0. The van der Waals surface area contributed by atoms with Gasteiger partial charge in [0.25, 0.3) is 0 Å². The Balaban J connectivity index is 1.90. The monoisotopic (exact) mass is 294 g/mol. The number of benzene rings is 1. The van der Waals surface area contributed by atoms with Crippen LogP contribution in [0.5, 0.6) is 0 Å². The zero-order chi connectivity index (χ0) is 14.5. The van der Waals surface area contributed by atoms with E-state index in [0.29, 0.717) is 23.0 Å². The highest BCUT2D eigenvalue weighted by Gasteiger charge is 2.16. The summed E-state index contributed by atoms with van der Waals surface area (Å²) in [5.74, 6) is 0.169. The molecule has 1 heterocycles. The molecule has 1 aromatic rings. The average molecular weight is 294 g/mol. The summed E-state index contributed by atoms with van der Waals surface area (Å²) in [6.07, 6.45) is 2.34. The van der Waals surface area contributed by atoms with Crippen molar-refractivity contribution in [3.8, 4) is 0 Å². The number of nitrogens with one attached hydrogen (secondary N) is 2. The Labute approximate surface area is 122 Å². The second-order valence-electron chi connectivity index (χ2n) is 4.80. The fraction of sp³-hybridized carbons (Fsp3) is 0.429. The molecular formula is C14H18N2O3S. The summed E-state index contributed by atoms with van der Waals surface area (Å²) in [6.45, 7) is 2.37. The Morgan fingerprint density at radius 3 is 2.90 bits per heavy atom. The fourth-order valence-corrected chi connectivity index (χ4v) is 3.32.